The number of nitrogens with two attached hydrogens (primary N) is 1. The number of aromatic nitrogens is 1. The zero-order valence-corrected chi connectivity index (χ0v) is 11.3. The molecule has 0 spiro atoms. The number of rotatable bonds is 6. The highest BCUT2D eigenvalue weighted by Gasteiger charge is 2.08. The van der Waals surface area contributed by atoms with Crippen molar-refractivity contribution in [1.29, 1.82) is 0 Å². The van der Waals surface area contributed by atoms with E-state index in [4.69, 9.17) is 10.5 Å². The van der Waals surface area contributed by atoms with Crippen LogP contribution in [0, 0.1) is 6.92 Å². The summed E-state index contributed by atoms with van der Waals surface area (Å²) in [6.07, 6.45) is 0.866. The lowest BCUT2D eigenvalue weighted by Gasteiger charge is -2.18. The van der Waals surface area contributed by atoms with Gasteiger partial charge in [-0.1, -0.05) is 0 Å². The second-order valence-electron chi connectivity index (χ2n) is 3.64. The maximum Gasteiger partial charge on any atom is 0.126 e. The number of halogens is 1. The maximum absolute atomic E-state index is 5.54. The molecule has 1 heterocycles. The van der Waals surface area contributed by atoms with E-state index in [2.05, 4.69) is 26.2 Å². The zero-order chi connectivity index (χ0) is 12.0. The highest BCUT2D eigenvalue weighted by atomic mass is 79.9. The first-order chi connectivity index (χ1) is 7.67. The van der Waals surface area contributed by atoms with Gasteiger partial charge in [-0.25, -0.2) is 4.98 Å². The molecule has 1 aromatic heterocycles. The van der Waals surface area contributed by atoms with Crippen molar-refractivity contribution in [3.8, 4) is 0 Å². The minimum atomic E-state index is 0.211. The molecule has 16 heavy (non-hydrogen) atoms. The summed E-state index contributed by atoms with van der Waals surface area (Å²) < 4.78 is 6.14. The van der Waals surface area contributed by atoms with Gasteiger partial charge in [0.05, 0.1) is 18.3 Å². The van der Waals surface area contributed by atoms with Crippen LogP contribution >= 0.6 is 15.9 Å². The molecule has 0 amide bonds. The summed E-state index contributed by atoms with van der Waals surface area (Å²) in [5.41, 5.74) is 6.51. The number of hydrogen-bond donors (Lipinski definition) is 2. The molecule has 0 fully saturated rings. The van der Waals surface area contributed by atoms with E-state index in [-0.39, 0.29) is 6.04 Å². The molecule has 1 rings (SSSR count). The number of nitrogens with one attached hydrogen (secondary N) is 1. The van der Waals surface area contributed by atoms with E-state index in [9.17, 15) is 0 Å². The van der Waals surface area contributed by atoms with Crippen LogP contribution in [0.3, 0.4) is 0 Å². The van der Waals surface area contributed by atoms with E-state index >= 15 is 0 Å². The molecule has 4 nitrogen and oxygen atoms in total. The average Bonchev–Trinajstić information content (AvgIpc) is 2.24. The maximum atomic E-state index is 5.54. The summed E-state index contributed by atoms with van der Waals surface area (Å²) in [5, 5.41) is 3.31. The van der Waals surface area contributed by atoms with E-state index < -0.39 is 0 Å². The van der Waals surface area contributed by atoms with E-state index in [1.165, 1.54) is 0 Å². The van der Waals surface area contributed by atoms with Gasteiger partial charge in [0.2, 0.25) is 0 Å². The first-order valence-corrected chi connectivity index (χ1v) is 6.05. The molecular formula is C11H18BrN3O. The molecule has 3 N–H and O–H groups in total. The summed E-state index contributed by atoms with van der Waals surface area (Å²) in [6, 6.07) is 4.14. The minimum absolute atomic E-state index is 0.211. The smallest absolute Gasteiger partial charge is 0.126 e. The van der Waals surface area contributed by atoms with Crippen LogP contribution in [0.5, 0.6) is 0 Å². The lowest BCUT2D eigenvalue weighted by Crippen LogP contribution is -2.28. The van der Waals surface area contributed by atoms with Crippen LogP contribution in [0.15, 0.2) is 16.6 Å². The Hall–Kier alpha value is -0.650. The average molecular weight is 288 g/mol. The predicted molar refractivity (Wildman–Crippen MR) is 69.6 cm³/mol. The number of anilines is 1. The third-order valence-electron chi connectivity index (χ3n) is 2.26. The number of pyridine rings is 1. The molecule has 1 unspecified atom stereocenters. The van der Waals surface area contributed by atoms with Crippen molar-refractivity contribution in [2.75, 3.05) is 25.6 Å². The van der Waals surface area contributed by atoms with Crippen LogP contribution in [-0.4, -0.2) is 31.3 Å². The molecule has 0 saturated carbocycles. The Balaban J connectivity index is 2.65. The Bertz CT molecular complexity index is 327. The molecule has 5 heteroatoms. The Morgan fingerprint density at radius 1 is 1.56 bits per heavy atom. The van der Waals surface area contributed by atoms with Crippen LogP contribution in [0.1, 0.15) is 12.1 Å². The molecule has 0 saturated heterocycles. The molecule has 1 atom stereocenters. The molecule has 0 aliphatic heterocycles. The largest absolute Gasteiger partial charge is 0.383 e. The second-order valence-corrected chi connectivity index (χ2v) is 4.49. The summed E-state index contributed by atoms with van der Waals surface area (Å²) in [7, 11) is 1.69. The van der Waals surface area contributed by atoms with Crippen molar-refractivity contribution in [2.24, 2.45) is 5.73 Å². The Morgan fingerprint density at radius 3 is 2.88 bits per heavy atom. The standard InChI is InChI=1S/C11H18BrN3O/c1-8-10(12)3-4-11(14-8)15-9(5-6-13)7-16-2/h3-4,9H,5-7,13H2,1-2H3,(H,14,15). The molecule has 0 bridgehead atoms. The van der Waals surface area contributed by atoms with Crippen molar-refractivity contribution in [1.82, 2.24) is 4.98 Å². The molecule has 90 valence electrons. The van der Waals surface area contributed by atoms with E-state index in [0.717, 1.165) is 22.4 Å². The molecule has 0 aliphatic carbocycles. The molecule has 0 radical (unpaired) electrons. The first kappa shape index (κ1) is 13.4. The summed E-state index contributed by atoms with van der Waals surface area (Å²) in [4.78, 5) is 4.42. The van der Waals surface area contributed by atoms with E-state index in [1.54, 1.807) is 7.11 Å². The minimum Gasteiger partial charge on any atom is -0.383 e. The van der Waals surface area contributed by atoms with Crippen molar-refractivity contribution < 1.29 is 4.74 Å². The van der Waals surface area contributed by atoms with Gasteiger partial charge in [-0.15, -0.1) is 0 Å². The van der Waals surface area contributed by atoms with Crippen LogP contribution in [0.4, 0.5) is 5.82 Å². The van der Waals surface area contributed by atoms with Crippen molar-refractivity contribution >= 4 is 21.7 Å². The first-order valence-electron chi connectivity index (χ1n) is 5.26. The second kappa shape index (κ2) is 6.83. The number of methoxy groups -OCH3 is 1. The van der Waals surface area contributed by atoms with Gasteiger partial charge in [0.25, 0.3) is 0 Å². The molecule has 1 aromatic rings. The van der Waals surface area contributed by atoms with Gasteiger partial charge in [0.1, 0.15) is 5.82 Å². The van der Waals surface area contributed by atoms with Gasteiger partial charge in [-0.2, -0.15) is 0 Å². The van der Waals surface area contributed by atoms with Gasteiger partial charge in [-0.3, -0.25) is 0 Å². The molecular weight excluding hydrogens is 270 g/mol. The van der Waals surface area contributed by atoms with Crippen molar-refractivity contribution in [3.05, 3.63) is 22.3 Å². The summed E-state index contributed by atoms with van der Waals surface area (Å²) >= 11 is 3.42. The normalized spacial score (nSPS) is 12.5. The van der Waals surface area contributed by atoms with Crippen molar-refractivity contribution in [2.45, 2.75) is 19.4 Å². The Kier molecular flexibility index (Phi) is 5.73. The quantitative estimate of drug-likeness (QED) is 0.839. The van der Waals surface area contributed by atoms with Crippen LogP contribution in [0.25, 0.3) is 0 Å². The zero-order valence-electron chi connectivity index (χ0n) is 9.66. The topological polar surface area (TPSA) is 60.2 Å². The third kappa shape index (κ3) is 4.08. The fourth-order valence-electron chi connectivity index (χ4n) is 1.43. The Morgan fingerprint density at radius 2 is 2.31 bits per heavy atom. The van der Waals surface area contributed by atoms with Crippen molar-refractivity contribution in [3.63, 3.8) is 0 Å². The Labute approximate surface area is 105 Å². The van der Waals surface area contributed by atoms with E-state index in [1.807, 2.05) is 19.1 Å². The highest BCUT2D eigenvalue weighted by Crippen LogP contribution is 2.17. The number of aryl methyl sites for hydroxylation is 1. The van der Waals surface area contributed by atoms with E-state index in [0.29, 0.717) is 13.2 Å². The fraction of sp³-hybridized carbons (Fsp3) is 0.545. The van der Waals surface area contributed by atoms with Gasteiger partial charge in [0, 0.05) is 11.6 Å². The van der Waals surface area contributed by atoms with Crippen LogP contribution < -0.4 is 11.1 Å². The SMILES string of the molecule is COCC(CCN)Nc1ccc(Br)c(C)n1. The molecule has 0 aliphatic rings. The summed E-state index contributed by atoms with van der Waals surface area (Å²) in [5.74, 6) is 0.858. The predicted octanol–water partition coefficient (Wildman–Crippen LogP) is 1.93. The lowest BCUT2D eigenvalue weighted by atomic mass is 10.2. The van der Waals surface area contributed by atoms with Gasteiger partial charge in [0.15, 0.2) is 0 Å². The number of hydrogen-bond acceptors (Lipinski definition) is 4. The highest BCUT2D eigenvalue weighted by molar-refractivity contribution is 9.10. The lowest BCUT2D eigenvalue weighted by molar-refractivity contribution is 0.183. The van der Waals surface area contributed by atoms with Gasteiger partial charge in [-0.05, 0) is 48.0 Å². The fourth-order valence-corrected chi connectivity index (χ4v) is 1.65. The monoisotopic (exact) mass is 287 g/mol. The van der Waals surface area contributed by atoms with Crippen LogP contribution in [0.2, 0.25) is 0 Å². The van der Waals surface area contributed by atoms with Gasteiger partial charge >= 0.3 is 0 Å². The van der Waals surface area contributed by atoms with Gasteiger partial charge < -0.3 is 15.8 Å². The summed E-state index contributed by atoms with van der Waals surface area (Å²) in [6.45, 7) is 3.23. The number of nitrogens with zero attached hydrogens (tertiary/aromatic N) is 1. The number of ether oxygens (including phenoxy) is 1. The van der Waals surface area contributed by atoms with Crippen LogP contribution in [-0.2, 0) is 4.74 Å². The third-order valence-corrected chi connectivity index (χ3v) is 3.09. The molecule has 0 aromatic carbocycles.